The largest absolute Gasteiger partial charge is 0.478 e. The molecule has 0 aliphatic rings. The SMILES string of the molecule is O=C(O)c1cc(-c2cc3ccccc3o2)nc2ccc(F)cc12. The molecule has 0 saturated carbocycles. The van der Waals surface area contributed by atoms with E-state index in [0.717, 1.165) is 5.39 Å². The fourth-order valence-corrected chi connectivity index (χ4v) is 2.61. The minimum absolute atomic E-state index is 0.00930. The lowest BCUT2D eigenvalue weighted by Crippen LogP contribution is -2.00. The van der Waals surface area contributed by atoms with Gasteiger partial charge >= 0.3 is 5.97 Å². The molecule has 0 aliphatic heterocycles. The zero-order valence-corrected chi connectivity index (χ0v) is 11.8. The summed E-state index contributed by atoms with van der Waals surface area (Å²) in [6.45, 7) is 0. The molecular formula is C18H10FNO3. The van der Waals surface area contributed by atoms with E-state index < -0.39 is 11.8 Å². The van der Waals surface area contributed by atoms with Crippen LogP contribution in [0.5, 0.6) is 0 Å². The lowest BCUT2D eigenvalue weighted by atomic mass is 10.1. The lowest BCUT2D eigenvalue weighted by molar-refractivity contribution is 0.0699. The van der Waals surface area contributed by atoms with E-state index in [9.17, 15) is 14.3 Å². The van der Waals surface area contributed by atoms with E-state index in [1.165, 1.54) is 24.3 Å². The van der Waals surface area contributed by atoms with Gasteiger partial charge in [0.2, 0.25) is 0 Å². The first-order chi connectivity index (χ1) is 11.1. The highest BCUT2D eigenvalue weighted by Crippen LogP contribution is 2.30. The number of furan rings is 1. The summed E-state index contributed by atoms with van der Waals surface area (Å²) in [5, 5.41) is 10.6. The minimum atomic E-state index is -1.14. The van der Waals surface area contributed by atoms with Gasteiger partial charge in [-0.3, -0.25) is 0 Å². The van der Waals surface area contributed by atoms with E-state index in [4.69, 9.17) is 4.42 Å². The Morgan fingerprint density at radius 2 is 1.91 bits per heavy atom. The highest BCUT2D eigenvalue weighted by atomic mass is 19.1. The van der Waals surface area contributed by atoms with Gasteiger partial charge in [-0.1, -0.05) is 18.2 Å². The van der Waals surface area contributed by atoms with E-state index in [-0.39, 0.29) is 10.9 Å². The average Bonchev–Trinajstić information content (AvgIpc) is 2.97. The summed E-state index contributed by atoms with van der Waals surface area (Å²) < 4.78 is 19.1. The van der Waals surface area contributed by atoms with Gasteiger partial charge in [-0.15, -0.1) is 0 Å². The number of aromatic carboxylic acids is 1. The Balaban J connectivity index is 2.00. The van der Waals surface area contributed by atoms with Crippen molar-refractivity contribution in [2.24, 2.45) is 0 Å². The van der Waals surface area contributed by atoms with Crippen LogP contribution in [0.15, 0.2) is 59.0 Å². The average molecular weight is 307 g/mol. The van der Waals surface area contributed by atoms with Gasteiger partial charge in [0.05, 0.1) is 11.1 Å². The van der Waals surface area contributed by atoms with Crippen molar-refractivity contribution in [3.63, 3.8) is 0 Å². The number of hydrogen-bond acceptors (Lipinski definition) is 3. The van der Waals surface area contributed by atoms with Gasteiger partial charge in [0, 0.05) is 10.8 Å². The fourth-order valence-electron chi connectivity index (χ4n) is 2.61. The smallest absolute Gasteiger partial charge is 0.336 e. The quantitative estimate of drug-likeness (QED) is 0.593. The number of carboxylic acids is 1. The molecule has 0 saturated heterocycles. The molecule has 0 spiro atoms. The Morgan fingerprint density at radius 3 is 2.70 bits per heavy atom. The molecule has 0 radical (unpaired) electrons. The van der Waals surface area contributed by atoms with Gasteiger partial charge in [0.15, 0.2) is 5.76 Å². The molecule has 0 unspecified atom stereocenters. The first kappa shape index (κ1) is 13.5. The predicted octanol–water partition coefficient (Wildman–Crippen LogP) is 4.49. The van der Waals surface area contributed by atoms with Crippen molar-refractivity contribution >= 4 is 27.8 Å². The number of carboxylic acid groups (broad SMARTS) is 1. The normalized spacial score (nSPS) is 11.2. The summed E-state index contributed by atoms with van der Waals surface area (Å²) in [5.41, 5.74) is 1.49. The Morgan fingerprint density at radius 1 is 1.09 bits per heavy atom. The van der Waals surface area contributed by atoms with Crippen molar-refractivity contribution in [2.45, 2.75) is 0 Å². The summed E-state index contributed by atoms with van der Waals surface area (Å²) in [4.78, 5) is 15.9. The number of benzene rings is 2. The van der Waals surface area contributed by atoms with E-state index >= 15 is 0 Å². The third-order valence-corrected chi connectivity index (χ3v) is 3.68. The molecule has 0 amide bonds. The first-order valence-corrected chi connectivity index (χ1v) is 6.94. The zero-order valence-electron chi connectivity index (χ0n) is 11.8. The standard InChI is InChI=1S/C18H10FNO3/c19-11-5-6-14-12(8-11)13(18(21)22)9-15(20-14)17-7-10-3-1-2-4-16(10)23-17/h1-9H,(H,21,22). The van der Waals surface area contributed by atoms with Crippen molar-refractivity contribution in [2.75, 3.05) is 0 Å². The predicted molar refractivity (Wildman–Crippen MR) is 83.9 cm³/mol. The summed E-state index contributed by atoms with van der Waals surface area (Å²) >= 11 is 0. The van der Waals surface area contributed by atoms with E-state index in [1.807, 2.05) is 24.3 Å². The highest BCUT2D eigenvalue weighted by molar-refractivity contribution is 6.03. The number of carbonyl (C=O) groups is 1. The summed E-state index contributed by atoms with van der Waals surface area (Å²) in [6.07, 6.45) is 0. The molecule has 1 N–H and O–H groups in total. The maximum absolute atomic E-state index is 13.4. The van der Waals surface area contributed by atoms with Crippen LogP contribution in [0, 0.1) is 5.82 Å². The highest BCUT2D eigenvalue weighted by Gasteiger charge is 2.15. The number of rotatable bonds is 2. The maximum Gasteiger partial charge on any atom is 0.336 e. The van der Waals surface area contributed by atoms with Crippen LogP contribution in [0.3, 0.4) is 0 Å². The number of aromatic nitrogens is 1. The molecule has 0 aliphatic carbocycles. The third kappa shape index (κ3) is 2.23. The van der Waals surface area contributed by atoms with Crippen LogP contribution in [0.25, 0.3) is 33.3 Å². The molecule has 0 atom stereocenters. The van der Waals surface area contributed by atoms with Gasteiger partial charge in [0.1, 0.15) is 17.1 Å². The van der Waals surface area contributed by atoms with Crippen LogP contribution in [0.2, 0.25) is 0 Å². The summed E-state index contributed by atoms with van der Waals surface area (Å²) in [5.74, 6) is -1.17. The molecule has 0 fully saturated rings. The minimum Gasteiger partial charge on any atom is -0.478 e. The second kappa shape index (κ2) is 4.91. The Kier molecular flexibility index (Phi) is 2.87. The molecule has 5 heteroatoms. The van der Waals surface area contributed by atoms with Crippen molar-refractivity contribution in [3.05, 3.63) is 66.0 Å². The molecule has 112 valence electrons. The lowest BCUT2D eigenvalue weighted by Gasteiger charge is -2.05. The molecule has 0 bridgehead atoms. The molecule has 2 aromatic carbocycles. The van der Waals surface area contributed by atoms with E-state index in [0.29, 0.717) is 22.6 Å². The van der Waals surface area contributed by atoms with Crippen molar-refractivity contribution in [1.82, 2.24) is 4.98 Å². The molecule has 4 aromatic rings. The van der Waals surface area contributed by atoms with Crippen LogP contribution < -0.4 is 0 Å². The van der Waals surface area contributed by atoms with E-state index in [1.54, 1.807) is 6.07 Å². The number of pyridine rings is 1. The molecule has 4 rings (SSSR count). The van der Waals surface area contributed by atoms with Crippen molar-refractivity contribution in [1.29, 1.82) is 0 Å². The summed E-state index contributed by atoms with van der Waals surface area (Å²) in [7, 11) is 0. The second-order valence-corrected chi connectivity index (χ2v) is 5.17. The molecular weight excluding hydrogens is 297 g/mol. The number of para-hydroxylation sites is 1. The molecule has 4 nitrogen and oxygen atoms in total. The number of fused-ring (bicyclic) bond motifs is 2. The third-order valence-electron chi connectivity index (χ3n) is 3.68. The maximum atomic E-state index is 13.4. The van der Waals surface area contributed by atoms with E-state index in [2.05, 4.69) is 4.98 Å². The number of halogens is 1. The van der Waals surface area contributed by atoms with Crippen LogP contribution >= 0.6 is 0 Å². The van der Waals surface area contributed by atoms with Crippen molar-refractivity contribution < 1.29 is 18.7 Å². The molecule has 23 heavy (non-hydrogen) atoms. The number of nitrogens with zero attached hydrogens (tertiary/aromatic N) is 1. The van der Waals surface area contributed by atoms with Gasteiger partial charge in [-0.05, 0) is 36.4 Å². The Labute approximate surface area is 129 Å². The van der Waals surface area contributed by atoms with Gasteiger partial charge in [0.25, 0.3) is 0 Å². The zero-order chi connectivity index (χ0) is 16.0. The van der Waals surface area contributed by atoms with Gasteiger partial charge in [-0.2, -0.15) is 0 Å². The Hall–Kier alpha value is -3.21. The second-order valence-electron chi connectivity index (χ2n) is 5.17. The monoisotopic (exact) mass is 307 g/mol. The first-order valence-electron chi connectivity index (χ1n) is 6.94. The van der Waals surface area contributed by atoms with Gasteiger partial charge < -0.3 is 9.52 Å². The Bertz CT molecular complexity index is 1040. The van der Waals surface area contributed by atoms with Crippen LogP contribution in [0.4, 0.5) is 4.39 Å². The molecule has 2 aromatic heterocycles. The topological polar surface area (TPSA) is 63.3 Å². The summed E-state index contributed by atoms with van der Waals surface area (Å²) in [6, 6.07) is 14.6. The van der Waals surface area contributed by atoms with Gasteiger partial charge in [-0.25, -0.2) is 14.2 Å². The van der Waals surface area contributed by atoms with Crippen molar-refractivity contribution in [3.8, 4) is 11.5 Å². The fraction of sp³-hybridized carbons (Fsp3) is 0. The van der Waals surface area contributed by atoms with Crippen LogP contribution in [-0.4, -0.2) is 16.1 Å². The molecule has 2 heterocycles. The van der Waals surface area contributed by atoms with Crippen LogP contribution in [-0.2, 0) is 0 Å². The number of hydrogen-bond donors (Lipinski definition) is 1. The van der Waals surface area contributed by atoms with Crippen LogP contribution in [0.1, 0.15) is 10.4 Å².